The van der Waals surface area contributed by atoms with Crippen molar-refractivity contribution in [3.05, 3.63) is 23.4 Å². The van der Waals surface area contributed by atoms with Crippen LogP contribution in [0.15, 0.2) is 12.1 Å². The van der Waals surface area contributed by atoms with Gasteiger partial charge in [-0.05, 0) is 49.7 Å². The van der Waals surface area contributed by atoms with Gasteiger partial charge in [-0.25, -0.2) is 9.78 Å². The summed E-state index contributed by atoms with van der Waals surface area (Å²) in [5.41, 5.74) is 2.40. The Bertz CT molecular complexity index is 822. The molecule has 0 atom stereocenters. The molecule has 4 rings (SSSR count). The van der Waals surface area contributed by atoms with Crippen LogP contribution in [-0.2, 0) is 22.4 Å². The summed E-state index contributed by atoms with van der Waals surface area (Å²) in [6, 6.07) is 4.20. The van der Waals surface area contributed by atoms with Gasteiger partial charge in [0.15, 0.2) is 0 Å². The fourth-order valence-corrected chi connectivity index (χ4v) is 4.51. The van der Waals surface area contributed by atoms with E-state index >= 15 is 0 Å². The van der Waals surface area contributed by atoms with E-state index in [9.17, 15) is 14.4 Å². The quantitative estimate of drug-likeness (QED) is 0.761. The lowest BCUT2D eigenvalue weighted by Crippen LogP contribution is -2.57. The molecular formula is C21H29N5O4. The number of fused-ring (bicyclic) bond motifs is 1. The number of hydrogen-bond donors (Lipinski definition) is 2. The van der Waals surface area contributed by atoms with E-state index in [0.717, 1.165) is 50.2 Å². The Morgan fingerprint density at radius 1 is 1.13 bits per heavy atom. The Kier molecular flexibility index (Phi) is 6.06. The molecule has 3 aliphatic rings. The Balaban J connectivity index is 1.26. The van der Waals surface area contributed by atoms with Crippen LogP contribution in [0, 0.1) is 5.92 Å². The van der Waals surface area contributed by atoms with Crippen molar-refractivity contribution in [2.45, 2.75) is 32.1 Å². The molecule has 1 aromatic rings. The Morgan fingerprint density at radius 2 is 1.93 bits per heavy atom. The maximum absolute atomic E-state index is 12.8. The molecule has 2 saturated heterocycles. The van der Waals surface area contributed by atoms with Crippen molar-refractivity contribution >= 4 is 23.7 Å². The monoisotopic (exact) mass is 415 g/mol. The van der Waals surface area contributed by atoms with Crippen LogP contribution in [-0.4, -0.2) is 88.5 Å². The number of nitrogens with zero attached hydrogens (tertiary/aromatic N) is 4. The number of aryl methyl sites for hydroxylation is 1. The van der Waals surface area contributed by atoms with E-state index < -0.39 is 5.97 Å². The number of aliphatic carboxylic acids is 1. The fraction of sp³-hybridized carbons (Fsp3) is 0.619. The standard InChI is InChI=1S/C21H29N5O4/c27-18-13-26(11-10-25(18)14-19(28)29)21(30)24-8-5-15(6-9-24)12-17-4-3-16-2-1-7-22-20(16)23-17/h3-4,15H,1-2,5-14H2,(H,22,23)(H,28,29). The number of carboxylic acid groups (broad SMARTS) is 1. The zero-order valence-corrected chi connectivity index (χ0v) is 17.2. The maximum Gasteiger partial charge on any atom is 0.323 e. The van der Waals surface area contributed by atoms with Gasteiger partial charge in [0.05, 0.1) is 0 Å². The highest BCUT2D eigenvalue weighted by molar-refractivity contribution is 5.87. The van der Waals surface area contributed by atoms with Crippen molar-refractivity contribution in [1.29, 1.82) is 0 Å². The molecule has 30 heavy (non-hydrogen) atoms. The number of urea groups is 1. The van der Waals surface area contributed by atoms with Crippen LogP contribution in [0.3, 0.4) is 0 Å². The third-order valence-electron chi connectivity index (χ3n) is 6.25. The first-order valence-corrected chi connectivity index (χ1v) is 10.8. The number of hydrogen-bond acceptors (Lipinski definition) is 5. The van der Waals surface area contributed by atoms with E-state index in [2.05, 4.69) is 17.4 Å². The minimum Gasteiger partial charge on any atom is -0.480 e. The van der Waals surface area contributed by atoms with Crippen LogP contribution < -0.4 is 5.32 Å². The second-order valence-electron chi connectivity index (χ2n) is 8.39. The number of anilines is 1. The van der Waals surface area contributed by atoms with Gasteiger partial charge in [0.1, 0.15) is 18.9 Å². The number of likely N-dealkylation sites (tertiary alicyclic amines) is 1. The van der Waals surface area contributed by atoms with Gasteiger partial charge >= 0.3 is 12.0 Å². The summed E-state index contributed by atoms with van der Waals surface area (Å²) >= 11 is 0. The molecule has 0 unspecified atom stereocenters. The number of carboxylic acids is 1. The molecule has 0 aliphatic carbocycles. The average molecular weight is 415 g/mol. The van der Waals surface area contributed by atoms with Crippen molar-refractivity contribution < 1.29 is 19.5 Å². The van der Waals surface area contributed by atoms with Gasteiger partial charge in [-0.2, -0.15) is 0 Å². The molecule has 9 nitrogen and oxygen atoms in total. The van der Waals surface area contributed by atoms with Crippen LogP contribution in [0.2, 0.25) is 0 Å². The highest BCUT2D eigenvalue weighted by atomic mass is 16.4. The van der Waals surface area contributed by atoms with E-state index in [1.807, 2.05) is 4.90 Å². The lowest BCUT2D eigenvalue weighted by Gasteiger charge is -2.39. The van der Waals surface area contributed by atoms with Crippen LogP contribution >= 0.6 is 0 Å². The van der Waals surface area contributed by atoms with Crippen molar-refractivity contribution in [3.63, 3.8) is 0 Å². The maximum atomic E-state index is 12.8. The van der Waals surface area contributed by atoms with Crippen molar-refractivity contribution in [3.8, 4) is 0 Å². The van der Waals surface area contributed by atoms with Crippen LogP contribution in [0.4, 0.5) is 10.6 Å². The van der Waals surface area contributed by atoms with E-state index in [4.69, 9.17) is 10.1 Å². The molecule has 2 fully saturated rings. The predicted octanol–water partition coefficient (Wildman–Crippen LogP) is 1.04. The van der Waals surface area contributed by atoms with E-state index in [-0.39, 0.29) is 31.6 Å². The summed E-state index contributed by atoms with van der Waals surface area (Å²) in [6.07, 6.45) is 5.00. The summed E-state index contributed by atoms with van der Waals surface area (Å²) in [7, 11) is 0. The van der Waals surface area contributed by atoms with Gasteiger partial charge in [0.25, 0.3) is 0 Å². The highest BCUT2D eigenvalue weighted by Crippen LogP contribution is 2.25. The predicted molar refractivity (Wildman–Crippen MR) is 110 cm³/mol. The second-order valence-corrected chi connectivity index (χ2v) is 8.39. The molecule has 0 saturated carbocycles. The molecule has 1 aromatic heterocycles. The third kappa shape index (κ3) is 4.66. The summed E-state index contributed by atoms with van der Waals surface area (Å²) in [5, 5.41) is 12.2. The minimum absolute atomic E-state index is 0.0436. The number of carbonyl (C=O) groups is 3. The number of piperidine rings is 1. The van der Waals surface area contributed by atoms with Crippen molar-refractivity contribution in [1.82, 2.24) is 19.7 Å². The molecule has 0 aromatic carbocycles. The lowest BCUT2D eigenvalue weighted by molar-refractivity contribution is -0.146. The molecule has 0 spiro atoms. The summed E-state index contributed by atoms with van der Waals surface area (Å²) in [4.78, 5) is 45.2. The first kappa shape index (κ1) is 20.4. The van der Waals surface area contributed by atoms with Crippen LogP contribution in [0.5, 0.6) is 0 Å². The third-order valence-corrected chi connectivity index (χ3v) is 6.25. The largest absolute Gasteiger partial charge is 0.480 e. The summed E-state index contributed by atoms with van der Waals surface area (Å²) in [6.45, 7) is 2.63. The number of nitrogens with one attached hydrogen (secondary N) is 1. The molecule has 162 valence electrons. The molecule has 4 heterocycles. The first-order chi connectivity index (χ1) is 14.5. The molecule has 2 N–H and O–H groups in total. The molecule has 0 radical (unpaired) electrons. The molecule has 3 amide bonds. The average Bonchev–Trinajstić information content (AvgIpc) is 2.75. The zero-order valence-electron chi connectivity index (χ0n) is 17.2. The molecule has 3 aliphatic heterocycles. The van der Waals surface area contributed by atoms with E-state index in [0.29, 0.717) is 25.6 Å². The van der Waals surface area contributed by atoms with Crippen molar-refractivity contribution in [2.24, 2.45) is 5.92 Å². The molecule has 0 bridgehead atoms. The van der Waals surface area contributed by atoms with Gasteiger partial charge in [0, 0.05) is 38.4 Å². The lowest BCUT2D eigenvalue weighted by atomic mass is 9.91. The first-order valence-electron chi connectivity index (χ1n) is 10.8. The Morgan fingerprint density at radius 3 is 2.67 bits per heavy atom. The molecular weight excluding hydrogens is 386 g/mol. The van der Waals surface area contributed by atoms with Gasteiger partial charge in [0.2, 0.25) is 5.91 Å². The van der Waals surface area contributed by atoms with Crippen molar-refractivity contribution in [2.75, 3.05) is 51.1 Å². The van der Waals surface area contributed by atoms with Crippen LogP contribution in [0.1, 0.15) is 30.5 Å². The fourth-order valence-electron chi connectivity index (χ4n) is 4.51. The van der Waals surface area contributed by atoms with E-state index in [1.54, 1.807) is 0 Å². The second kappa shape index (κ2) is 8.89. The normalized spacial score (nSPS) is 20.0. The number of carbonyl (C=O) groups excluding carboxylic acids is 2. The number of piperazine rings is 1. The topological polar surface area (TPSA) is 106 Å². The van der Waals surface area contributed by atoms with Crippen LogP contribution in [0.25, 0.3) is 0 Å². The summed E-state index contributed by atoms with van der Waals surface area (Å²) in [5.74, 6) is 0.184. The number of amides is 3. The Hall–Kier alpha value is -2.84. The van der Waals surface area contributed by atoms with E-state index in [1.165, 1.54) is 15.4 Å². The number of rotatable bonds is 4. The SMILES string of the molecule is O=C(O)CN1CCN(C(=O)N2CCC(Cc3ccc4c(n3)NCCC4)CC2)CC1=O. The Labute approximate surface area is 176 Å². The number of aromatic nitrogens is 1. The van der Waals surface area contributed by atoms with Gasteiger partial charge in [-0.1, -0.05) is 6.07 Å². The highest BCUT2D eigenvalue weighted by Gasteiger charge is 2.32. The molecule has 9 heteroatoms. The van der Waals surface area contributed by atoms with Gasteiger partial charge < -0.3 is 25.1 Å². The zero-order chi connectivity index (χ0) is 21.1. The smallest absolute Gasteiger partial charge is 0.323 e. The number of pyridine rings is 1. The minimum atomic E-state index is -1.03. The van der Waals surface area contributed by atoms with Gasteiger partial charge in [-0.15, -0.1) is 0 Å². The summed E-state index contributed by atoms with van der Waals surface area (Å²) < 4.78 is 0. The van der Waals surface area contributed by atoms with Gasteiger partial charge in [-0.3, -0.25) is 9.59 Å².